The summed E-state index contributed by atoms with van der Waals surface area (Å²) in [5.41, 5.74) is 3.27. The SMILES string of the molecule is Cc1c(F)cc2nc3c(c4c2c1SCC4O)Cn1c-3cc2c(c1=O)COC(=O)C2O. The maximum absolute atomic E-state index is 14.5. The monoisotopic (exact) mass is 426 g/mol. The van der Waals surface area contributed by atoms with Crippen molar-refractivity contribution in [1.82, 2.24) is 9.55 Å². The van der Waals surface area contributed by atoms with Crippen molar-refractivity contribution in [2.24, 2.45) is 0 Å². The van der Waals surface area contributed by atoms with E-state index in [-0.39, 0.29) is 35.7 Å². The van der Waals surface area contributed by atoms with Crippen LogP contribution in [0.2, 0.25) is 0 Å². The topological polar surface area (TPSA) is 102 Å². The number of benzene rings is 1. The zero-order chi connectivity index (χ0) is 20.9. The Morgan fingerprint density at radius 3 is 2.87 bits per heavy atom. The summed E-state index contributed by atoms with van der Waals surface area (Å²) in [4.78, 5) is 30.3. The van der Waals surface area contributed by atoms with Crippen LogP contribution in [0.4, 0.5) is 4.39 Å². The van der Waals surface area contributed by atoms with Gasteiger partial charge in [-0.1, -0.05) is 0 Å². The number of aromatic nitrogens is 2. The minimum absolute atomic E-state index is 0.198. The third kappa shape index (κ3) is 2.14. The predicted molar refractivity (Wildman–Crippen MR) is 106 cm³/mol. The van der Waals surface area contributed by atoms with Crippen LogP contribution in [0.1, 0.15) is 40.0 Å². The average Bonchev–Trinajstić information content (AvgIpc) is 3.09. The zero-order valence-electron chi connectivity index (χ0n) is 15.7. The van der Waals surface area contributed by atoms with Crippen molar-refractivity contribution in [3.63, 3.8) is 0 Å². The number of rotatable bonds is 0. The van der Waals surface area contributed by atoms with Crippen molar-refractivity contribution >= 4 is 28.6 Å². The highest BCUT2D eigenvalue weighted by Crippen LogP contribution is 2.47. The Balaban J connectivity index is 1.70. The lowest BCUT2D eigenvalue weighted by molar-refractivity contribution is -0.157. The number of cyclic esters (lactones) is 1. The average molecular weight is 426 g/mol. The van der Waals surface area contributed by atoms with E-state index in [0.29, 0.717) is 39.3 Å². The largest absolute Gasteiger partial charge is 0.458 e. The number of pyridine rings is 2. The van der Waals surface area contributed by atoms with Gasteiger partial charge in [0.1, 0.15) is 12.4 Å². The molecule has 0 radical (unpaired) electrons. The molecule has 0 saturated carbocycles. The Kier molecular flexibility index (Phi) is 3.55. The number of esters is 1. The molecule has 0 fully saturated rings. The van der Waals surface area contributed by atoms with Crippen LogP contribution in [0.5, 0.6) is 0 Å². The Morgan fingerprint density at radius 2 is 2.07 bits per heavy atom. The first kappa shape index (κ1) is 18.1. The molecular formula is C21H15FN2O5S. The summed E-state index contributed by atoms with van der Waals surface area (Å²) in [5, 5.41) is 21.7. The van der Waals surface area contributed by atoms with Gasteiger partial charge in [0.25, 0.3) is 5.56 Å². The summed E-state index contributed by atoms with van der Waals surface area (Å²) >= 11 is 1.40. The molecule has 3 aliphatic heterocycles. The van der Waals surface area contributed by atoms with Crippen molar-refractivity contribution in [3.05, 3.63) is 56.1 Å². The van der Waals surface area contributed by atoms with Crippen LogP contribution in [-0.4, -0.2) is 31.5 Å². The van der Waals surface area contributed by atoms with Crippen LogP contribution in [0.3, 0.4) is 0 Å². The highest BCUT2D eigenvalue weighted by molar-refractivity contribution is 7.99. The maximum atomic E-state index is 14.5. The normalized spacial score (nSPS) is 21.3. The van der Waals surface area contributed by atoms with Gasteiger partial charge in [-0.3, -0.25) is 4.79 Å². The molecule has 30 heavy (non-hydrogen) atoms. The third-order valence-electron chi connectivity index (χ3n) is 6.15. The zero-order valence-corrected chi connectivity index (χ0v) is 16.5. The van der Waals surface area contributed by atoms with E-state index in [1.165, 1.54) is 22.4 Å². The number of fused-ring (bicyclic) bond motifs is 5. The van der Waals surface area contributed by atoms with Crippen molar-refractivity contribution in [2.45, 2.75) is 37.2 Å². The van der Waals surface area contributed by atoms with E-state index in [1.807, 2.05) is 0 Å². The molecule has 3 aliphatic rings. The first-order chi connectivity index (χ1) is 14.4. The van der Waals surface area contributed by atoms with Crippen molar-refractivity contribution in [1.29, 1.82) is 0 Å². The summed E-state index contributed by atoms with van der Waals surface area (Å²) in [6, 6.07) is 2.93. The standard InChI is InChI=1S/C21H15FN2O5S/c1-7-11(22)3-12-16-15(14(25)6-30-19(7)16)9-4-24-13(17(9)23-12)2-8-10(20(24)27)5-29-21(28)18(8)26/h2-3,14,18,25-26H,4-6H2,1H3. The summed E-state index contributed by atoms with van der Waals surface area (Å²) < 4.78 is 20.9. The fourth-order valence-corrected chi connectivity index (χ4v) is 5.81. The lowest BCUT2D eigenvalue weighted by Gasteiger charge is -2.25. The molecule has 0 spiro atoms. The van der Waals surface area contributed by atoms with Gasteiger partial charge in [-0.2, -0.15) is 0 Å². The van der Waals surface area contributed by atoms with Crippen molar-refractivity contribution in [2.75, 3.05) is 5.75 Å². The van der Waals surface area contributed by atoms with Gasteiger partial charge in [-0.05, 0) is 24.1 Å². The predicted octanol–water partition coefficient (Wildman–Crippen LogP) is 2.10. The first-order valence-electron chi connectivity index (χ1n) is 9.45. The van der Waals surface area contributed by atoms with E-state index in [4.69, 9.17) is 4.74 Å². The number of carbonyl (C=O) groups excluding carboxylic acids is 1. The summed E-state index contributed by atoms with van der Waals surface area (Å²) in [5.74, 6) is -0.800. The molecular weight excluding hydrogens is 411 g/mol. The third-order valence-corrected chi connectivity index (χ3v) is 7.43. The number of nitrogens with zero attached hydrogens (tertiary/aromatic N) is 2. The van der Waals surface area contributed by atoms with Crippen molar-refractivity contribution in [3.8, 4) is 11.4 Å². The van der Waals surface area contributed by atoms with E-state index in [9.17, 15) is 24.2 Å². The summed E-state index contributed by atoms with van der Waals surface area (Å²) in [6.07, 6.45) is -2.31. The fraction of sp³-hybridized carbons (Fsp3) is 0.286. The Hall–Kier alpha value is -2.75. The molecule has 2 atom stereocenters. The van der Waals surface area contributed by atoms with Crippen molar-refractivity contribution < 1.29 is 24.1 Å². The van der Waals surface area contributed by atoms with E-state index < -0.39 is 18.2 Å². The maximum Gasteiger partial charge on any atom is 0.340 e. The van der Waals surface area contributed by atoms with Gasteiger partial charge < -0.3 is 19.5 Å². The number of halogens is 1. The van der Waals surface area contributed by atoms with Crippen LogP contribution in [0.25, 0.3) is 22.3 Å². The summed E-state index contributed by atoms with van der Waals surface area (Å²) in [7, 11) is 0. The molecule has 0 aliphatic carbocycles. The second kappa shape index (κ2) is 5.90. The number of hydrogen-bond acceptors (Lipinski definition) is 7. The fourth-order valence-electron chi connectivity index (χ4n) is 4.65. The molecule has 7 nitrogen and oxygen atoms in total. The van der Waals surface area contributed by atoms with Gasteiger partial charge in [0, 0.05) is 33.2 Å². The Labute approximate surface area is 173 Å². The van der Waals surface area contributed by atoms with Gasteiger partial charge >= 0.3 is 5.97 Å². The number of thioether (sulfide) groups is 1. The molecule has 5 heterocycles. The van der Waals surface area contributed by atoms with E-state index in [1.54, 1.807) is 13.0 Å². The molecule has 3 aromatic rings. The van der Waals surface area contributed by atoms with E-state index in [2.05, 4.69) is 4.98 Å². The molecule has 9 heteroatoms. The molecule has 0 amide bonds. The van der Waals surface area contributed by atoms with Crippen LogP contribution >= 0.6 is 11.8 Å². The molecule has 0 bridgehead atoms. The quantitative estimate of drug-likeness (QED) is 0.415. The number of aliphatic hydroxyl groups excluding tert-OH is 2. The number of hydrogen-bond donors (Lipinski definition) is 2. The second-order valence-electron chi connectivity index (χ2n) is 7.75. The van der Waals surface area contributed by atoms with Crippen LogP contribution in [0, 0.1) is 12.7 Å². The number of aliphatic hydroxyl groups is 2. The summed E-state index contributed by atoms with van der Waals surface area (Å²) in [6.45, 7) is 1.71. The molecule has 2 unspecified atom stereocenters. The van der Waals surface area contributed by atoms with Crippen LogP contribution in [0.15, 0.2) is 21.8 Å². The van der Waals surface area contributed by atoms with Gasteiger partial charge in [0.15, 0.2) is 6.10 Å². The van der Waals surface area contributed by atoms with Gasteiger partial charge in [0.2, 0.25) is 0 Å². The number of ether oxygens (including phenoxy) is 1. The molecule has 152 valence electrons. The second-order valence-corrected chi connectivity index (χ2v) is 8.78. The molecule has 6 rings (SSSR count). The minimum Gasteiger partial charge on any atom is -0.458 e. The number of carbonyl (C=O) groups is 1. The molecule has 2 N–H and O–H groups in total. The first-order valence-corrected chi connectivity index (χ1v) is 10.4. The molecule has 2 aromatic heterocycles. The lowest BCUT2D eigenvalue weighted by atomic mass is 9.94. The molecule has 1 aromatic carbocycles. The van der Waals surface area contributed by atoms with Gasteiger partial charge in [0.05, 0.1) is 35.1 Å². The van der Waals surface area contributed by atoms with Crippen LogP contribution < -0.4 is 5.56 Å². The molecule has 0 saturated heterocycles. The highest BCUT2D eigenvalue weighted by Gasteiger charge is 2.37. The van der Waals surface area contributed by atoms with Gasteiger partial charge in [-0.15, -0.1) is 11.8 Å². The highest BCUT2D eigenvalue weighted by atomic mass is 32.2. The lowest BCUT2D eigenvalue weighted by Crippen LogP contribution is -2.32. The smallest absolute Gasteiger partial charge is 0.340 e. The Bertz CT molecular complexity index is 1380. The van der Waals surface area contributed by atoms with E-state index in [0.717, 1.165) is 10.3 Å². The van der Waals surface area contributed by atoms with E-state index >= 15 is 0 Å². The minimum atomic E-state index is -1.54. The Morgan fingerprint density at radius 1 is 1.27 bits per heavy atom. The van der Waals surface area contributed by atoms with Crippen LogP contribution in [-0.2, 0) is 22.7 Å². The van der Waals surface area contributed by atoms with Gasteiger partial charge in [-0.25, -0.2) is 14.2 Å².